The highest BCUT2D eigenvalue weighted by molar-refractivity contribution is 6.33. The van der Waals surface area contributed by atoms with Crippen molar-refractivity contribution in [3.8, 4) is 11.5 Å². The van der Waals surface area contributed by atoms with Crippen LogP contribution < -0.4 is 5.73 Å². The highest BCUT2D eigenvalue weighted by Crippen LogP contribution is 2.28. The molecule has 106 valence electrons. The molecule has 0 fully saturated rings. The number of nitrogens with two attached hydrogens (primary N) is 1. The lowest BCUT2D eigenvalue weighted by atomic mass is 10.1. The van der Waals surface area contributed by atoms with Crippen molar-refractivity contribution in [1.82, 2.24) is 10.1 Å². The van der Waals surface area contributed by atoms with Gasteiger partial charge in [0.25, 0.3) is 5.89 Å². The summed E-state index contributed by atoms with van der Waals surface area (Å²) >= 11 is 12.2. The SMILES string of the molecule is Nc1ccc(-c2nc(Cc3ccccc3Cl)no2)c(Cl)c1. The molecule has 0 unspecified atom stereocenters. The predicted molar refractivity (Wildman–Crippen MR) is 83.4 cm³/mol. The summed E-state index contributed by atoms with van der Waals surface area (Å²) < 4.78 is 5.25. The minimum absolute atomic E-state index is 0.363. The van der Waals surface area contributed by atoms with Crippen LogP contribution in [0.15, 0.2) is 47.0 Å². The van der Waals surface area contributed by atoms with E-state index in [9.17, 15) is 0 Å². The molecular formula is C15H11Cl2N3O. The second-order valence-electron chi connectivity index (χ2n) is 4.52. The van der Waals surface area contributed by atoms with Crippen LogP contribution in [0.5, 0.6) is 0 Å². The molecule has 1 heterocycles. The Labute approximate surface area is 131 Å². The smallest absolute Gasteiger partial charge is 0.259 e. The summed E-state index contributed by atoms with van der Waals surface area (Å²) in [5.41, 5.74) is 7.84. The van der Waals surface area contributed by atoms with Crippen LogP contribution in [0.3, 0.4) is 0 Å². The summed E-state index contributed by atoms with van der Waals surface area (Å²) in [6, 6.07) is 12.7. The fourth-order valence-corrected chi connectivity index (χ4v) is 2.42. The van der Waals surface area contributed by atoms with Crippen LogP contribution in [0.4, 0.5) is 5.69 Å². The van der Waals surface area contributed by atoms with E-state index >= 15 is 0 Å². The van der Waals surface area contributed by atoms with E-state index in [1.807, 2.05) is 24.3 Å². The molecule has 0 saturated carbocycles. The third-order valence-electron chi connectivity index (χ3n) is 3.00. The fourth-order valence-electron chi connectivity index (χ4n) is 1.95. The lowest BCUT2D eigenvalue weighted by Crippen LogP contribution is -1.92. The van der Waals surface area contributed by atoms with Crippen LogP contribution in [0.1, 0.15) is 11.4 Å². The molecule has 3 aromatic rings. The van der Waals surface area contributed by atoms with E-state index in [1.54, 1.807) is 18.2 Å². The average Bonchev–Trinajstić information content (AvgIpc) is 2.90. The maximum absolute atomic E-state index is 6.13. The quantitative estimate of drug-likeness (QED) is 0.734. The zero-order valence-electron chi connectivity index (χ0n) is 10.9. The topological polar surface area (TPSA) is 64.9 Å². The van der Waals surface area contributed by atoms with Gasteiger partial charge in [0, 0.05) is 17.1 Å². The Morgan fingerprint density at radius 2 is 1.86 bits per heavy atom. The van der Waals surface area contributed by atoms with Crippen LogP contribution >= 0.6 is 23.2 Å². The normalized spacial score (nSPS) is 10.8. The van der Waals surface area contributed by atoms with Gasteiger partial charge in [0.15, 0.2) is 5.82 Å². The second-order valence-corrected chi connectivity index (χ2v) is 5.34. The van der Waals surface area contributed by atoms with Crippen LogP contribution in [-0.4, -0.2) is 10.1 Å². The molecule has 0 aliphatic heterocycles. The molecule has 2 aromatic carbocycles. The number of nitrogens with zero attached hydrogens (tertiary/aromatic N) is 2. The highest BCUT2D eigenvalue weighted by Gasteiger charge is 2.13. The van der Waals surface area contributed by atoms with Crippen molar-refractivity contribution in [3.63, 3.8) is 0 Å². The number of anilines is 1. The van der Waals surface area contributed by atoms with E-state index < -0.39 is 0 Å². The van der Waals surface area contributed by atoms with Crippen molar-refractivity contribution in [2.75, 3.05) is 5.73 Å². The lowest BCUT2D eigenvalue weighted by Gasteiger charge is -2.00. The number of benzene rings is 2. The first-order chi connectivity index (χ1) is 10.1. The van der Waals surface area contributed by atoms with Crippen molar-refractivity contribution >= 4 is 28.9 Å². The van der Waals surface area contributed by atoms with E-state index in [-0.39, 0.29) is 0 Å². The van der Waals surface area contributed by atoms with Gasteiger partial charge in [-0.3, -0.25) is 0 Å². The Balaban J connectivity index is 1.88. The Kier molecular flexibility index (Phi) is 3.82. The zero-order chi connectivity index (χ0) is 14.8. The first-order valence-corrected chi connectivity index (χ1v) is 7.00. The standard InChI is InChI=1S/C15H11Cl2N3O/c16-12-4-2-1-3-9(12)7-14-19-15(21-20-14)11-6-5-10(18)8-13(11)17/h1-6,8H,7,18H2. The number of aromatic nitrogens is 2. The lowest BCUT2D eigenvalue weighted by molar-refractivity contribution is 0.424. The van der Waals surface area contributed by atoms with Gasteiger partial charge < -0.3 is 10.3 Å². The van der Waals surface area contributed by atoms with Crippen molar-refractivity contribution in [3.05, 3.63) is 63.9 Å². The minimum Gasteiger partial charge on any atom is -0.399 e. The van der Waals surface area contributed by atoms with Crippen LogP contribution in [0.2, 0.25) is 10.0 Å². The van der Waals surface area contributed by atoms with E-state index in [1.165, 1.54) is 0 Å². The molecule has 0 aliphatic rings. The second kappa shape index (κ2) is 5.76. The summed E-state index contributed by atoms with van der Waals surface area (Å²) in [4.78, 5) is 4.35. The van der Waals surface area contributed by atoms with Gasteiger partial charge in [-0.15, -0.1) is 0 Å². The summed E-state index contributed by atoms with van der Waals surface area (Å²) in [5, 5.41) is 5.11. The monoisotopic (exact) mass is 319 g/mol. The van der Waals surface area contributed by atoms with E-state index in [2.05, 4.69) is 10.1 Å². The van der Waals surface area contributed by atoms with Gasteiger partial charge in [0.2, 0.25) is 0 Å². The van der Waals surface area contributed by atoms with E-state index in [4.69, 9.17) is 33.5 Å². The van der Waals surface area contributed by atoms with Gasteiger partial charge in [-0.2, -0.15) is 4.98 Å². The average molecular weight is 320 g/mol. The maximum atomic E-state index is 6.13. The molecule has 0 saturated heterocycles. The fraction of sp³-hybridized carbons (Fsp3) is 0.0667. The third-order valence-corrected chi connectivity index (χ3v) is 3.68. The summed E-state index contributed by atoms with van der Waals surface area (Å²) in [6.07, 6.45) is 0.496. The number of hydrogen-bond donors (Lipinski definition) is 1. The number of nitrogen functional groups attached to an aromatic ring is 1. The van der Waals surface area contributed by atoms with E-state index in [0.29, 0.717) is 39.4 Å². The largest absolute Gasteiger partial charge is 0.399 e. The zero-order valence-corrected chi connectivity index (χ0v) is 12.4. The molecule has 0 atom stereocenters. The van der Waals surface area contributed by atoms with E-state index in [0.717, 1.165) is 5.56 Å². The van der Waals surface area contributed by atoms with Crippen LogP contribution in [0.25, 0.3) is 11.5 Å². The van der Waals surface area contributed by atoms with Gasteiger partial charge in [-0.25, -0.2) is 0 Å². The third kappa shape index (κ3) is 3.01. The molecule has 4 nitrogen and oxygen atoms in total. The number of hydrogen-bond acceptors (Lipinski definition) is 4. The number of rotatable bonds is 3. The summed E-state index contributed by atoms with van der Waals surface area (Å²) in [7, 11) is 0. The Morgan fingerprint density at radius 3 is 2.62 bits per heavy atom. The number of halogens is 2. The molecule has 6 heteroatoms. The summed E-state index contributed by atoms with van der Waals surface area (Å²) in [5.74, 6) is 0.910. The van der Waals surface area contributed by atoms with Gasteiger partial charge in [-0.1, -0.05) is 46.6 Å². The predicted octanol–water partition coefficient (Wildman–Crippen LogP) is 4.22. The molecule has 3 rings (SSSR count). The van der Waals surface area contributed by atoms with Crippen LogP contribution in [-0.2, 0) is 6.42 Å². The Morgan fingerprint density at radius 1 is 1.05 bits per heavy atom. The van der Waals surface area contributed by atoms with Crippen molar-refractivity contribution in [2.45, 2.75) is 6.42 Å². The highest BCUT2D eigenvalue weighted by atomic mass is 35.5. The minimum atomic E-state index is 0.363. The van der Waals surface area contributed by atoms with Crippen molar-refractivity contribution < 1.29 is 4.52 Å². The van der Waals surface area contributed by atoms with Gasteiger partial charge >= 0.3 is 0 Å². The first kappa shape index (κ1) is 13.9. The van der Waals surface area contributed by atoms with Crippen molar-refractivity contribution in [2.24, 2.45) is 0 Å². The molecule has 0 aliphatic carbocycles. The van der Waals surface area contributed by atoms with Crippen LogP contribution in [0, 0.1) is 0 Å². The molecule has 0 amide bonds. The van der Waals surface area contributed by atoms with Gasteiger partial charge in [0.1, 0.15) is 0 Å². The molecular weight excluding hydrogens is 309 g/mol. The van der Waals surface area contributed by atoms with Gasteiger partial charge in [0.05, 0.1) is 10.6 Å². The first-order valence-electron chi connectivity index (χ1n) is 6.25. The maximum Gasteiger partial charge on any atom is 0.259 e. The Hall–Kier alpha value is -2.04. The molecule has 21 heavy (non-hydrogen) atoms. The molecule has 0 radical (unpaired) electrons. The molecule has 2 N–H and O–H groups in total. The summed E-state index contributed by atoms with van der Waals surface area (Å²) in [6.45, 7) is 0. The Bertz CT molecular complexity index is 786. The molecule has 1 aromatic heterocycles. The van der Waals surface area contributed by atoms with Crippen molar-refractivity contribution in [1.29, 1.82) is 0 Å². The molecule has 0 spiro atoms. The molecule has 0 bridgehead atoms. The van der Waals surface area contributed by atoms with Gasteiger partial charge in [-0.05, 0) is 29.8 Å².